The fourth-order valence-corrected chi connectivity index (χ4v) is 2.41. The van der Waals surface area contributed by atoms with Crippen LogP contribution < -0.4 is 5.32 Å². The van der Waals surface area contributed by atoms with E-state index in [0.717, 1.165) is 37.4 Å². The van der Waals surface area contributed by atoms with E-state index in [-0.39, 0.29) is 5.91 Å². The van der Waals surface area contributed by atoms with Crippen LogP contribution in [0.3, 0.4) is 0 Å². The lowest BCUT2D eigenvalue weighted by atomic mass is 10.0. The van der Waals surface area contributed by atoms with E-state index in [1.807, 2.05) is 24.9 Å². The lowest BCUT2D eigenvalue weighted by Crippen LogP contribution is -2.34. The smallest absolute Gasteiger partial charge is 0.249 e. The highest BCUT2D eigenvalue weighted by atomic mass is 16.5. The van der Waals surface area contributed by atoms with Gasteiger partial charge in [0.2, 0.25) is 5.91 Å². The van der Waals surface area contributed by atoms with E-state index in [9.17, 15) is 4.79 Å². The second kappa shape index (κ2) is 7.22. The molecule has 0 aliphatic carbocycles. The second-order valence-electron chi connectivity index (χ2n) is 5.39. The summed E-state index contributed by atoms with van der Waals surface area (Å²) < 4.78 is 5.32. The molecule has 2 aliphatic heterocycles. The number of nitrogens with one attached hydrogen (secondary N) is 1. The summed E-state index contributed by atoms with van der Waals surface area (Å²) in [6, 6.07) is 0. The van der Waals surface area contributed by atoms with Gasteiger partial charge in [0.25, 0.3) is 0 Å². The SMILES string of the molecule is C=CN1C=C(C)N=C/C1=C(/C)C(=O)NCC1CCOCC1. The van der Waals surface area contributed by atoms with Crippen molar-refractivity contribution >= 4 is 12.1 Å². The average Bonchev–Trinajstić information content (AvgIpc) is 2.52. The van der Waals surface area contributed by atoms with Gasteiger partial charge in [0.15, 0.2) is 0 Å². The maximum absolute atomic E-state index is 12.3. The van der Waals surface area contributed by atoms with Gasteiger partial charge in [0.05, 0.1) is 17.6 Å². The van der Waals surface area contributed by atoms with E-state index in [1.165, 1.54) is 0 Å². The molecule has 2 aliphatic rings. The maximum Gasteiger partial charge on any atom is 0.249 e. The van der Waals surface area contributed by atoms with Crippen molar-refractivity contribution in [2.75, 3.05) is 19.8 Å². The summed E-state index contributed by atoms with van der Waals surface area (Å²) in [6.45, 7) is 9.78. The standard InChI is InChI=1S/C16H23N3O2/c1-4-19-11-12(2)17-10-15(19)13(3)16(20)18-9-14-5-7-21-8-6-14/h4,10-11,14H,1,5-9H2,2-3H3,(H,18,20)/b15-13+. The Labute approximate surface area is 126 Å². The van der Waals surface area contributed by atoms with Crippen LogP contribution in [-0.4, -0.2) is 36.8 Å². The number of carbonyl (C=O) groups is 1. The predicted molar refractivity (Wildman–Crippen MR) is 83.5 cm³/mol. The summed E-state index contributed by atoms with van der Waals surface area (Å²) >= 11 is 0. The molecule has 0 saturated carbocycles. The lowest BCUT2D eigenvalue weighted by Gasteiger charge is -2.24. The number of amides is 1. The van der Waals surface area contributed by atoms with Gasteiger partial charge in [0, 0.05) is 37.7 Å². The van der Waals surface area contributed by atoms with E-state index in [4.69, 9.17) is 4.74 Å². The molecule has 2 rings (SSSR count). The van der Waals surface area contributed by atoms with Crippen LogP contribution in [0.1, 0.15) is 26.7 Å². The summed E-state index contributed by atoms with van der Waals surface area (Å²) in [7, 11) is 0. The zero-order valence-corrected chi connectivity index (χ0v) is 12.8. The Morgan fingerprint density at radius 1 is 1.57 bits per heavy atom. The molecule has 0 bridgehead atoms. The normalized spacial score (nSPS) is 21.8. The van der Waals surface area contributed by atoms with Gasteiger partial charge in [0.1, 0.15) is 0 Å². The molecule has 0 radical (unpaired) electrons. The molecular formula is C16H23N3O2. The van der Waals surface area contributed by atoms with Crippen molar-refractivity contribution in [3.05, 3.63) is 35.9 Å². The molecule has 1 fully saturated rings. The summed E-state index contributed by atoms with van der Waals surface area (Å²) in [5.74, 6) is 0.459. The first-order valence-electron chi connectivity index (χ1n) is 7.32. The molecule has 5 nitrogen and oxygen atoms in total. The Morgan fingerprint density at radius 2 is 2.29 bits per heavy atom. The number of allylic oxidation sites excluding steroid dienone is 2. The van der Waals surface area contributed by atoms with Gasteiger partial charge < -0.3 is 15.0 Å². The number of rotatable bonds is 4. The molecule has 1 amide bonds. The zero-order valence-electron chi connectivity index (χ0n) is 12.8. The molecule has 0 unspecified atom stereocenters. The van der Waals surface area contributed by atoms with Crippen molar-refractivity contribution in [1.82, 2.24) is 10.2 Å². The highest BCUT2D eigenvalue weighted by molar-refractivity contribution is 5.99. The minimum absolute atomic E-state index is 0.0530. The Kier molecular flexibility index (Phi) is 5.33. The molecule has 1 saturated heterocycles. The Morgan fingerprint density at radius 3 is 2.95 bits per heavy atom. The van der Waals surface area contributed by atoms with Crippen LogP contribution in [0, 0.1) is 5.92 Å². The van der Waals surface area contributed by atoms with Crippen LogP contribution in [0.15, 0.2) is 40.9 Å². The van der Waals surface area contributed by atoms with Crippen molar-refractivity contribution in [3.8, 4) is 0 Å². The van der Waals surface area contributed by atoms with Gasteiger partial charge in [-0.05, 0) is 32.6 Å². The van der Waals surface area contributed by atoms with Crippen LogP contribution in [0.5, 0.6) is 0 Å². The third-order valence-electron chi connectivity index (χ3n) is 3.81. The second-order valence-corrected chi connectivity index (χ2v) is 5.39. The third kappa shape index (κ3) is 4.04. The first-order valence-corrected chi connectivity index (χ1v) is 7.32. The summed E-state index contributed by atoms with van der Waals surface area (Å²) in [5, 5.41) is 3.01. The molecule has 0 aromatic rings. The zero-order chi connectivity index (χ0) is 15.2. The number of hydrogen-bond acceptors (Lipinski definition) is 4. The molecule has 0 spiro atoms. The molecule has 114 valence electrons. The molecule has 2 heterocycles. The minimum Gasteiger partial charge on any atom is -0.381 e. The van der Waals surface area contributed by atoms with Gasteiger partial charge in [-0.3, -0.25) is 9.79 Å². The van der Waals surface area contributed by atoms with E-state index in [0.29, 0.717) is 18.0 Å². The summed E-state index contributed by atoms with van der Waals surface area (Å²) in [4.78, 5) is 18.4. The number of hydrogen-bond donors (Lipinski definition) is 1. The first-order chi connectivity index (χ1) is 10.1. The van der Waals surface area contributed by atoms with Gasteiger partial charge in [-0.25, -0.2) is 0 Å². The highest BCUT2D eigenvalue weighted by Crippen LogP contribution is 2.17. The highest BCUT2D eigenvalue weighted by Gasteiger charge is 2.18. The Hall–Kier alpha value is -1.88. The van der Waals surface area contributed by atoms with Gasteiger partial charge in [-0.15, -0.1) is 0 Å². The van der Waals surface area contributed by atoms with Crippen LogP contribution >= 0.6 is 0 Å². The molecular weight excluding hydrogens is 266 g/mol. The van der Waals surface area contributed by atoms with E-state index in [1.54, 1.807) is 12.4 Å². The van der Waals surface area contributed by atoms with Crippen molar-refractivity contribution < 1.29 is 9.53 Å². The molecule has 1 N–H and O–H groups in total. The Bertz CT molecular complexity index is 500. The van der Waals surface area contributed by atoms with Gasteiger partial charge in [-0.1, -0.05) is 6.58 Å². The topological polar surface area (TPSA) is 53.9 Å². The van der Waals surface area contributed by atoms with Gasteiger partial charge >= 0.3 is 0 Å². The van der Waals surface area contributed by atoms with Crippen LogP contribution in [0.25, 0.3) is 0 Å². The number of ether oxygens (including phenoxy) is 1. The van der Waals surface area contributed by atoms with E-state index < -0.39 is 0 Å². The monoisotopic (exact) mass is 289 g/mol. The van der Waals surface area contributed by atoms with Gasteiger partial charge in [-0.2, -0.15) is 0 Å². The quantitative estimate of drug-likeness (QED) is 0.807. The molecule has 0 atom stereocenters. The lowest BCUT2D eigenvalue weighted by molar-refractivity contribution is -0.117. The average molecular weight is 289 g/mol. The molecule has 5 heteroatoms. The van der Waals surface area contributed by atoms with Crippen molar-refractivity contribution in [3.63, 3.8) is 0 Å². The van der Waals surface area contributed by atoms with Crippen molar-refractivity contribution in [2.24, 2.45) is 10.9 Å². The first kappa shape index (κ1) is 15.5. The Balaban J connectivity index is 1.98. The maximum atomic E-state index is 12.3. The fourth-order valence-electron chi connectivity index (χ4n) is 2.41. The minimum atomic E-state index is -0.0530. The summed E-state index contributed by atoms with van der Waals surface area (Å²) in [6.07, 6.45) is 7.27. The molecule has 0 aromatic heterocycles. The predicted octanol–water partition coefficient (Wildman–Crippen LogP) is 2.19. The van der Waals surface area contributed by atoms with E-state index >= 15 is 0 Å². The largest absolute Gasteiger partial charge is 0.381 e. The van der Waals surface area contributed by atoms with Crippen LogP contribution in [-0.2, 0) is 9.53 Å². The number of nitrogens with zero attached hydrogens (tertiary/aromatic N) is 2. The van der Waals surface area contributed by atoms with Crippen LogP contribution in [0.4, 0.5) is 0 Å². The van der Waals surface area contributed by atoms with E-state index in [2.05, 4.69) is 16.9 Å². The third-order valence-corrected chi connectivity index (χ3v) is 3.81. The molecule has 0 aromatic carbocycles. The van der Waals surface area contributed by atoms with Crippen molar-refractivity contribution in [2.45, 2.75) is 26.7 Å². The number of aliphatic imine (C=N–C) groups is 1. The number of carbonyl (C=O) groups excluding carboxylic acids is 1. The van der Waals surface area contributed by atoms with Crippen LogP contribution in [0.2, 0.25) is 0 Å². The fraction of sp³-hybridized carbons (Fsp3) is 0.500. The van der Waals surface area contributed by atoms with Crippen molar-refractivity contribution in [1.29, 1.82) is 0 Å². The molecule has 21 heavy (non-hydrogen) atoms. The summed E-state index contributed by atoms with van der Waals surface area (Å²) in [5.41, 5.74) is 2.30.